The number of carbonyl (C=O) groups excluding carboxylic acids is 2. The topological polar surface area (TPSA) is 73.2 Å². The summed E-state index contributed by atoms with van der Waals surface area (Å²) in [5.74, 6) is -1.20. The maximum Gasteiger partial charge on any atom is 0.331 e. The van der Waals surface area contributed by atoms with E-state index < -0.39 is 17.4 Å². The molecule has 3 rings (SSSR count). The molecule has 27 heavy (non-hydrogen) atoms. The van der Waals surface area contributed by atoms with Gasteiger partial charge in [0.1, 0.15) is 11.4 Å². The number of aromatic nitrogens is 2. The second kappa shape index (κ2) is 7.50. The van der Waals surface area contributed by atoms with Crippen molar-refractivity contribution in [2.75, 3.05) is 7.11 Å². The average molecular weight is 373 g/mol. The minimum atomic E-state index is -1.11. The third-order valence-electron chi connectivity index (χ3n) is 4.99. The first-order chi connectivity index (χ1) is 12.9. The van der Waals surface area contributed by atoms with Crippen LogP contribution in [0, 0.1) is 5.82 Å². The molecule has 0 aliphatic heterocycles. The first-order valence-electron chi connectivity index (χ1n) is 9.17. The second-order valence-corrected chi connectivity index (χ2v) is 7.04. The summed E-state index contributed by atoms with van der Waals surface area (Å²) in [6, 6.07) is 6.01. The van der Waals surface area contributed by atoms with Crippen LogP contribution in [0.3, 0.4) is 0 Å². The van der Waals surface area contributed by atoms with E-state index in [1.54, 1.807) is 23.7 Å². The third kappa shape index (κ3) is 3.59. The van der Waals surface area contributed by atoms with Gasteiger partial charge in [-0.1, -0.05) is 13.3 Å². The summed E-state index contributed by atoms with van der Waals surface area (Å²) in [7, 11) is 1.31. The van der Waals surface area contributed by atoms with Crippen molar-refractivity contribution in [2.45, 2.75) is 51.5 Å². The highest BCUT2D eigenvalue weighted by Gasteiger charge is 2.37. The molecular formula is C20H24FN3O3. The van der Waals surface area contributed by atoms with Gasteiger partial charge < -0.3 is 10.1 Å². The lowest BCUT2D eigenvalue weighted by Crippen LogP contribution is -2.53. The molecule has 0 fully saturated rings. The monoisotopic (exact) mass is 373 g/mol. The van der Waals surface area contributed by atoms with Crippen LogP contribution >= 0.6 is 0 Å². The van der Waals surface area contributed by atoms with Gasteiger partial charge in [-0.05, 0) is 56.9 Å². The molecule has 1 aromatic carbocycles. The Morgan fingerprint density at radius 2 is 2.00 bits per heavy atom. The van der Waals surface area contributed by atoms with Gasteiger partial charge in [-0.15, -0.1) is 0 Å². The Morgan fingerprint density at radius 3 is 2.63 bits per heavy atom. The summed E-state index contributed by atoms with van der Waals surface area (Å²) < 4.78 is 19.8. The van der Waals surface area contributed by atoms with E-state index in [1.165, 1.54) is 19.2 Å². The molecule has 1 aromatic heterocycles. The van der Waals surface area contributed by atoms with Crippen LogP contribution in [0.1, 0.15) is 54.9 Å². The van der Waals surface area contributed by atoms with Gasteiger partial charge in [-0.2, -0.15) is 5.10 Å². The number of ether oxygens (including phenoxy) is 1. The quantitative estimate of drug-likeness (QED) is 0.790. The number of hydrogen-bond acceptors (Lipinski definition) is 4. The molecule has 1 amide bonds. The molecule has 0 saturated carbocycles. The SMILES string of the molecule is CCCC(C)(NC(=O)c1nn(-c2ccc(F)cc2)c2c1CCC2)C(=O)OC. The molecule has 0 radical (unpaired) electrons. The number of nitrogens with zero attached hydrogens (tertiary/aromatic N) is 2. The van der Waals surface area contributed by atoms with Crippen molar-refractivity contribution in [3.63, 3.8) is 0 Å². The molecule has 1 aliphatic rings. The summed E-state index contributed by atoms with van der Waals surface area (Å²) in [6.45, 7) is 3.60. The van der Waals surface area contributed by atoms with Gasteiger partial charge in [0.05, 0.1) is 12.8 Å². The molecule has 7 heteroatoms. The largest absolute Gasteiger partial charge is 0.467 e. The van der Waals surface area contributed by atoms with Gasteiger partial charge in [0.15, 0.2) is 5.69 Å². The number of rotatable bonds is 6. The predicted molar refractivity (Wildman–Crippen MR) is 98.3 cm³/mol. The van der Waals surface area contributed by atoms with Gasteiger partial charge in [-0.25, -0.2) is 13.9 Å². The number of nitrogens with one attached hydrogen (secondary N) is 1. The smallest absolute Gasteiger partial charge is 0.331 e. The third-order valence-corrected chi connectivity index (χ3v) is 4.99. The van der Waals surface area contributed by atoms with E-state index in [9.17, 15) is 14.0 Å². The summed E-state index contributed by atoms with van der Waals surface area (Å²) in [4.78, 5) is 25.1. The van der Waals surface area contributed by atoms with Crippen molar-refractivity contribution < 1.29 is 18.7 Å². The van der Waals surface area contributed by atoms with E-state index in [1.807, 2.05) is 6.92 Å². The lowest BCUT2D eigenvalue weighted by Gasteiger charge is -2.27. The summed E-state index contributed by atoms with van der Waals surface area (Å²) in [6.07, 6.45) is 3.66. The van der Waals surface area contributed by atoms with E-state index in [0.717, 1.165) is 30.5 Å². The molecule has 6 nitrogen and oxygen atoms in total. The van der Waals surface area contributed by atoms with Crippen LogP contribution in [0.5, 0.6) is 0 Å². The highest BCUT2D eigenvalue weighted by atomic mass is 19.1. The minimum absolute atomic E-state index is 0.318. The van der Waals surface area contributed by atoms with Crippen LogP contribution in [0.25, 0.3) is 5.69 Å². The van der Waals surface area contributed by atoms with Crippen molar-refractivity contribution >= 4 is 11.9 Å². The van der Waals surface area contributed by atoms with Gasteiger partial charge in [0, 0.05) is 11.3 Å². The van der Waals surface area contributed by atoms with Crippen molar-refractivity contribution in [3.05, 3.63) is 47.0 Å². The van der Waals surface area contributed by atoms with Crippen molar-refractivity contribution in [3.8, 4) is 5.69 Å². The molecule has 2 aromatic rings. The van der Waals surface area contributed by atoms with Crippen LogP contribution < -0.4 is 5.32 Å². The number of halogens is 1. The van der Waals surface area contributed by atoms with E-state index in [2.05, 4.69) is 10.4 Å². The molecule has 144 valence electrons. The minimum Gasteiger partial charge on any atom is -0.467 e. The van der Waals surface area contributed by atoms with Crippen LogP contribution in [0.4, 0.5) is 4.39 Å². The molecule has 1 atom stereocenters. The van der Waals surface area contributed by atoms with Crippen molar-refractivity contribution in [1.82, 2.24) is 15.1 Å². The first kappa shape index (κ1) is 19.1. The van der Waals surface area contributed by atoms with E-state index in [-0.39, 0.29) is 5.82 Å². The van der Waals surface area contributed by atoms with E-state index >= 15 is 0 Å². The number of fused-ring (bicyclic) bond motifs is 1. The Kier molecular flexibility index (Phi) is 5.30. The number of amides is 1. The number of benzene rings is 1. The highest BCUT2D eigenvalue weighted by molar-refractivity contribution is 5.98. The molecule has 1 heterocycles. The highest BCUT2D eigenvalue weighted by Crippen LogP contribution is 2.28. The van der Waals surface area contributed by atoms with Crippen molar-refractivity contribution in [2.24, 2.45) is 0 Å². The normalized spacial score (nSPS) is 15.1. The summed E-state index contributed by atoms with van der Waals surface area (Å²) >= 11 is 0. The lowest BCUT2D eigenvalue weighted by atomic mass is 9.95. The molecule has 1 aliphatic carbocycles. The summed E-state index contributed by atoms with van der Waals surface area (Å²) in [5.41, 5.74) is 1.77. The van der Waals surface area contributed by atoms with Crippen LogP contribution in [0.15, 0.2) is 24.3 Å². The Balaban J connectivity index is 1.95. The fourth-order valence-electron chi connectivity index (χ4n) is 3.67. The van der Waals surface area contributed by atoms with Crippen LogP contribution in [0.2, 0.25) is 0 Å². The fourth-order valence-corrected chi connectivity index (χ4v) is 3.67. The number of methoxy groups -OCH3 is 1. The van der Waals surface area contributed by atoms with Gasteiger partial charge in [0.2, 0.25) is 0 Å². The standard InChI is InChI=1S/C20H24FN3O3/c1-4-12-20(2,19(26)27-3)22-18(25)17-15-6-5-7-16(15)24(23-17)14-10-8-13(21)9-11-14/h8-11H,4-7,12H2,1-3H3,(H,22,25). The zero-order chi connectivity index (χ0) is 19.6. The second-order valence-electron chi connectivity index (χ2n) is 7.04. The van der Waals surface area contributed by atoms with E-state index in [4.69, 9.17) is 4.74 Å². The Hall–Kier alpha value is -2.70. The lowest BCUT2D eigenvalue weighted by molar-refractivity contribution is -0.147. The summed E-state index contributed by atoms with van der Waals surface area (Å²) in [5, 5.41) is 7.31. The number of carbonyl (C=O) groups is 2. The first-order valence-corrected chi connectivity index (χ1v) is 9.17. The van der Waals surface area contributed by atoms with Crippen LogP contribution in [-0.2, 0) is 22.4 Å². The maximum atomic E-state index is 13.2. The zero-order valence-corrected chi connectivity index (χ0v) is 15.8. The molecular weight excluding hydrogens is 349 g/mol. The molecule has 1 unspecified atom stereocenters. The van der Waals surface area contributed by atoms with Crippen molar-refractivity contribution in [1.29, 1.82) is 0 Å². The Labute approximate surface area is 157 Å². The predicted octanol–water partition coefficient (Wildman–Crippen LogP) is 2.96. The Bertz CT molecular complexity index is 860. The molecule has 1 N–H and O–H groups in total. The van der Waals surface area contributed by atoms with Gasteiger partial charge >= 0.3 is 5.97 Å². The van der Waals surface area contributed by atoms with Gasteiger partial charge in [-0.3, -0.25) is 4.79 Å². The van der Waals surface area contributed by atoms with E-state index in [0.29, 0.717) is 24.2 Å². The molecule has 0 saturated heterocycles. The molecule has 0 bridgehead atoms. The molecule has 0 spiro atoms. The number of hydrogen-bond donors (Lipinski definition) is 1. The number of esters is 1. The zero-order valence-electron chi connectivity index (χ0n) is 15.8. The van der Waals surface area contributed by atoms with Crippen LogP contribution in [-0.4, -0.2) is 34.3 Å². The van der Waals surface area contributed by atoms with Gasteiger partial charge in [0.25, 0.3) is 5.91 Å². The Morgan fingerprint density at radius 1 is 1.30 bits per heavy atom. The maximum absolute atomic E-state index is 13.2. The average Bonchev–Trinajstić information content (AvgIpc) is 3.24. The fraction of sp³-hybridized carbons (Fsp3) is 0.450.